The normalized spacial score (nSPS) is 10.6. The number of hydrogen-bond donors (Lipinski definition) is 6. The van der Waals surface area contributed by atoms with Crippen molar-refractivity contribution in [2.75, 3.05) is 23.0 Å². The highest BCUT2D eigenvalue weighted by Gasteiger charge is 1.92. The minimum Gasteiger partial charge on any atom is -0.325 e. The molecule has 0 fully saturated rings. The van der Waals surface area contributed by atoms with Gasteiger partial charge in [-0.1, -0.05) is 66.2 Å². The minimum absolute atomic E-state index is 1.28. The Bertz CT molecular complexity index is 305. The van der Waals surface area contributed by atoms with E-state index in [0.717, 1.165) is 0 Å². The van der Waals surface area contributed by atoms with E-state index in [4.69, 9.17) is 29.4 Å². The fourth-order valence-electron chi connectivity index (χ4n) is 1.55. The first-order valence-electron chi connectivity index (χ1n) is 9.55. The van der Waals surface area contributed by atoms with Gasteiger partial charge in [-0.25, -0.2) is 0 Å². The van der Waals surface area contributed by atoms with Gasteiger partial charge in [0.25, 0.3) is 0 Å². The van der Waals surface area contributed by atoms with Gasteiger partial charge in [0.1, 0.15) is 0 Å². The van der Waals surface area contributed by atoms with Gasteiger partial charge in [-0.15, -0.1) is 0 Å². The molecule has 0 heterocycles. The first-order chi connectivity index (χ1) is 12.8. The van der Waals surface area contributed by atoms with Crippen molar-refractivity contribution in [3.8, 4) is 0 Å². The Morgan fingerprint density at radius 2 is 0.786 bits per heavy atom. The van der Waals surface area contributed by atoms with Crippen LogP contribution in [0.3, 0.4) is 0 Å². The van der Waals surface area contributed by atoms with Crippen LogP contribution in [0.15, 0.2) is 0 Å². The molecule has 0 aromatic rings. The zero-order chi connectivity index (χ0) is 22.9. The van der Waals surface area contributed by atoms with Crippen molar-refractivity contribution in [3.63, 3.8) is 0 Å². The van der Waals surface area contributed by atoms with E-state index >= 15 is 0 Å². The topological polar surface area (TPSA) is 121 Å². The van der Waals surface area contributed by atoms with Gasteiger partial charge in [-0.3, -0.25) is 0 Å². The van der Waals surface area contributed by atoms with E-state index in [1.165, 1.54) is 74.4 Å². The predicted octanol–water partition coefficient (Wildman–Crippen LogP) is 5.02. The molecular weight excluding hydrogens is 478 g/mol. The lowest BCUT2D eigenvalue weighted by Crippen LogP contribution is -1.80. The van der Waals surface area contributed by atoms with Gasteiger partial charge >= 0.3 is 13.4 Å². The molecule has 0 amide bonds. The summed E-state index contributed by atoms with van der Waals surface area (Å²) in [6.07, 6.45) is 11.3. The molecule has 0 unspecified atom stereocenters. The number of thioether (sulfide) groups is 2. The van der Waals surface area contributed by atoms with E-state index in [1.807, 2.05) is 0 Å². The summed E-state index contributed by atoms with van der Waals surface area (Å²) in [5, 5.41) is 0. The molecule has 0 spiro atoms. The van der Waals surface area contributed by atoms with Gasteiger partial charge in [-0.05, 0) is 59.5 Å². The molecule has 0 saturated heterocycles. The van der Waals surface area contributed by atoms with Crippen LogP contribution in [-0.4, -0.2) is 52.4 Å². The summed E-state index contributed by atoms with van der Waals surface area (Å²) in [5.74, 6) is 5.31. The largest absolute Gasteiger partial charge is 0.325 e. The summed E-state index contributed by atoms with van der Waals surface area (Å²) in [6, 6.07) is 0. The molecule has 0 aliphatic heterocycles. The Balaban J connectivity index is -0.000000143. The molecule has 0 atom stereocenters. The number of rotatable bonds is 12. The summed E-state index contributed by atoms with van der Waals surface area (Å²) in [7, 11) is 0. The van der Waals surface area contributed by atoms with Gasteiger partial charge in [0.15, 0.2) is 0 Å². The molecule has 0 aromatic heterocycles. The van der Waals surface area contributed by atoms with E-state index in [2.05, 4.69) is 74.8 Å². The van der Waals surface area contributed by atoms with Gasteiger partial charge < -0.3 is 29.4 Å². The fraction of sp³-hybridized carbons (Fsp3) is 1.00. The highest BCUT2D eigenvalue weighted by atomic mass is 32.5. The summed E-state index contributed by atoms with van der Waals surface area (Å²) in [5.41, 5.74) is 0. The zero-order valence-corrected chi connectivity index (χ0v) is 22.8. The van der Waals surface area contributed by atoms with Crippen LogP contribution in [-0.2, 0) is 23.6 Å². The fourth-order valence-corrected chi connectivity index (χ4v) is 2.94. The molecule has 0 rings (SSSR count). The van der Waals surface area contributed by atoms with E-state index in [-0.39, 0.29) is 0 Å². The van der Waals surface area contributed by atoms with Crippen molar-refractivity contribution >= 4 is 60.6 Å². The Kier molecular flexibility index (Phi) is 38.1. The Morgan fingerprint density at radius 1 is 0.536 bits per heavy atom. The van der Waals surface area contributed by atoms with Crippen molar-refractivity contribution in [2.24, 2.45) is 0 Å². The molecule has 6 N–H and O–H groups in total. The van der Waals surface area contributed by atoms with Gasteiger partial charge in [-0.2, -0.15) is 23.5 Å². The van der Waals surface area contributed by atoms with Crippen LogP contribution in [0.1, 0.15) is 79.1 Å². The van der Waals surface area contributed by atoms with Crippen molar-refractivity contribution in [2.45, 2.75) is 79.1 Å². The highest BCUT2D eigenvalue weighted by molar-refractivity contribution is 8.06. The van der Waals surface area contributed by atoms with Crippen LogP contribution in [0.25, 0.3) is 0 Å². The van der Waals surface area contributed by atoms with Crippen molar-refractivity contribution in [3.05, 3.63) is 0 Å². The monoisotopic (exact) mass is 520 g/mol. The summed E-state index contributed by atoms with van der Waals surface area (Å²) < 4.78 is 0. The highest BCUT2D eigenvalue weighted by Crippen LogP contribution is 2.27. The lowest BCUT2D eigenvalue weighted by atomic mass is 10.2. The molecule has 12 heteroatoms. The van der Waals surface area contributed by atoms with Crippen molar-refractivity contribution in [1.29, 1.82) is 0 Å². The number of unbranched alkanes of at least 4 members (excludes halogenated alkanes) is 6. The smallest absolute Gasteiger partial charge is 0.319 e. The maximum absolute atomic E-state index is 7.56. The van der Waals surface area contributed by atoms with Gasteiger partial charge in [0.05, 0.1) is 0 Å². The SMILES string of the molecule is CCCCCCSCC.CCCCCCSCC.OP(O)(O)=S.OP(O)(O)=S. The summed E-state index contributed by atoms with van der Waals surface area (Å²) in [6.45, 7) is 1.36. The van der Waals surface area contributed by atoms with Crippen LogP contribution < -0.4 is 0 Å². The molecule has 0 aliphatic carbocycles. The molecule has 0 aromatic carbocycles. The van der Waals surface area contributed by atoms with Crippen LogP contribution in [0.2, 0.25) is 0 Å². The van der Waals surface area contributed by atoms with E-state index < -0.39 is 13.4 Å². The Hall–Kier alpha value is 1.76. The standard InChI is InChI=1S/2C8H18S.2H3O3PS/c2*1-3-5-6-7-8-9-4-2;2*1-4(2,3)5/h2*3-8H2,1-2H3;2*(H3,1,2,3,5). The molecule has 0 saturated carbocycles. The third-order valence-corrected chi connectivity index (χ3v) is 4.66. The lowest BCUT2D eigenvalue weighted by Gasteiger charge is -1.96. The molecule has 176 valence electrons. The Labute approximate surface area is 191 Å². The second-order valence-corrected chi connectivity index (χ2v) is 13.3. The molecule has 6 nitrogen and oxygen atoms in total. The average molecular weight is 521 g/mol. The molecule has 0 aliphatic rings. The summed E-state index contributed by atoms with van der Waals surface area (Å²) in [4.78, 5) is 45.3. The third kappa shape index (κ3) is 105. The van der Waals surface area contributed by atoms with Gasteiger partial charge in [0.2, 0.25) is 0 Å². The first kappa shape index (κ1) is 37.1. The molecular formula is C16H42O6P2S4. The van der Waals surface area contributed by atoms with Crippen molar-refractivity contribution in [1.82, 2.24) is 0 Å². The van der Waals surface area contributed by atoms with Crippen LogP contribution >= 0.6 is 37.0 Å². The van der Waals surface area contributed by atoms with Gasteiger partial charge in [0, 0.05) is 0 Å². The van der Waals surface area contributed by atoms with Crippen LogP contribution in [0.4, 0.5) is 0 Å². The van der Waals surface area contributed by atoms with Crippen LogP contribution in [0.5, 0.6) is 0 Å². The maximum atomic E-state index is 7.56. The quantitative estimate of drug-likeness (QED) is 0.155. The van der Waals surface area contributed by atoms with E-state index in [0.29, 0.717) is 0 Å². The molecule has 28 heavy (non-hydrogen) atoms. The molecule has 0 radical (unpaired) electrons. The molecule has 0 bridgehead atoms. The predicted molar refractivity (Wildman–Crippen MR) is 136 cm³/mol. The number of hydrogen-bond acceptors (Lipinski definition) is 4. The minimum atomic E-state index is -3.81. The maximum Gasteiger partial charge on any atom is 0.319 e. The van der Waals surface area contributed by atoms with Crippen LogP contribution in [0, 0.1) is 0 Å². The third-order valence-electron chi connectivity index (χ3n) is 2.69. The lowest BCUT2D eigenvalue weighted by molar-refractivity contribution is 0.361. The first-order valence-corrected chi connectivity index (χ1v) is 17.2. The second-order valence-electron chi connectivity index (χ2n) is 5.54. The second kappa shape index (κ2) is 28.8. The summed E-state index contributed by atoms with van der Waals surface area (Å²) >= 11 is 11.3. The zero-order valence-electron chi connectivity index (χ0n) is 17.7. The van der Waals surface area contributed by atoms with E-state index in [9.17, 15) is 0 Å². The Morgan fingerprint density at radius 3 is 0.964 bits per heavy atom. The van der Waals surface area contributed by atoms with Crippen molar-refractivity contribution < 1.29 is 29.4 Å². The van der Waals surface area contributed by atoms with E-state index in [1.54, 1.807) is 0 Å². The average Bonchev–Trinajstić information content (AvgIpc) is 2.52.